The Morgan fingerprint density at radius 3 is 2.79 bits per heavy atom. The van der Waals surface area contributed by atoms with E-state index in [1.165, 1.54) is 6.34 Å². The van der Waals surface area contributed by atoms with Gasteiger partial charge in [-0.1, -0.05) is 0 Å². The Hall–Kier alpha value is -2.05. The van der Waals surface area contributed by atoms with E-state index in [1.807, 2.05) is 0 Å². The number of ether oxygens (including phenoxy) is 1. The topological polar surface area (TPSA) is 107 Å². The van der Waals surface area contributed by atoms with Gasteiger partial charge in [0.15, 0.2) is 5.70 Å². The summed E-state index contributed by atoms with van der Waals surface area (Å²) in [4.78, 5) is 3.85. The number of nitriles is 2. The molecule has 0 radical (unpaired) electrons. The minimum atomic E-state index is -0.161. The third-order valence-corrected chi connectivity index (χ3v) is 1.23. The van der Waals surface area contributed by atoms with Crippen molar-refractivity contribution in [2.75, 3.05) is 20.3 Å². The normalized spacial score (nSPS) is 11.6. The second-order valence-corrected chi connectivity index (χ2v) is 2.18. The maximum absolute atomic E-state index is 8.54. The third kappa shape index (κ3) is 4.75. The fourth-order valence-corrected chi connectivity index (χ4v) is 0.545. The number of aliphatic imine (C=N–C) groups is 1. The van der Waals surface area contributed by atoms with Crippen LogP contribution in [-0.2, 0) is 4.74 Å². The summed E-state index contributed by atoms with van der Waals surface area (Å²) >= 11 is 0. The van der Waals surface area contributed by atoms with E-state index in [1.54, 1.807) is 19.2 Å². The lowest BCUT2D eigenvalue weighted by molar-refractivity contribution is 0.208. The largest absolute Gasteiger partial charge is 0.388 e. The van der Waals surface area contributed by atoms with E-state index < -0.39 is 0 Å². The van der Waals surface area contributed by atoms with Gasteiger partial charge < -0.3 is 15.8 Å². The van der Waals surface area contributed by atoms with Crippen molar-refractivity contribution in [3.8, 4) is 12.1 Å². The van der Waals surface area contributed by atoms with Crippen molar-refractivity contribution in [1.82, 2.24) is 5.32 Å². The van der Waals surface area contributed by atoms with Crippen molar-refractivity contribution < 1.29 is 4.74 Å². The molecule has 0 unspecified atom stereocenters. The first-order valence-electron chi connectivity index (χ1n) is 3.80. The van der Waals surface area contributed by atoms with Crippen molar-refractivity contribution >= 4 is 6.34 Å². The number of nitrogens with two attached hydrogens (primary N) is 1. The van der Waals surface area contributed by atoms with E-state index in [-0.39, 0.29) is 11.4 Å². The van der Waals surface area contributed by atoms with Crippen molar-refractivity contribution in [2.45, 2.75) is 0 Å². The zero-order valence-electron chi connectivity index (χ0n) is 7.82. The highest BCUT2D eigenvalue weighted by Gasteiger charge is 1.97. The van der Waals surface area contributed by atoms with E-state index >= 15 is 0 Å². The van der Waals surface area contributed by atoms with Gasteiger partial charge in [-0.3, -0.25) is 4.99 Å². The van der Waals surface area contributed by atoms with Crippen molar-refractivity contribution in [2.24, 2.45) is 10.7 Å². The predicted molar refractivity (Wildman–Crippen MR) is 50.8 cm³/mol. The minimum absolute atomic E-state index is 0.00586. The first-order chi connectivity index (χ1) is 6.76. The molecule has 6 nitrogen and oxygen atoms in total. The van der Waals surface area contributed by atoms with Crippen LogP contribution in [0.1, 0.15) is 0 Å². The summed E-state index contributed by atoms with van der Waals surface area (Å²) in [5.74, 6) is 0. The van der Waals surface area contributed by atoms with Gasteiger partial charge in [0.2, 0.25) is 0 Å². The third-order valence-electron chi connectivity index (χ3n) is 1.23. The average molecular weight is 193 g/mol. The van der Waals surface area contributed by atoms with E-state index in [9.17, 15) is 0 Å². The monoisotopic (exact) mass is 193 g/mol. The molecule has 0 spiro atoms. The molecule has 0 saturated heterocycles. The lowest BCUT2D eigenvalue weighted by Crippen LogP contribution is -2.15. The van der Waals surface area contributed by atoms with Gasteiger partial charge >= 0.3 is 0 Å². The highest BCUT2D eigenvalue weighted by Crippen LogP contribution is 1.89. The maximum Gasteiger partial charge on any atom is 0.152 e. The lowest BCUT2D eigenvalue weighted by atomic mass is 10.4. The van der Waals surface area contributed by atoms with Crippen LogP contribution in [0.4, 0.5) is 0 Å². The van der Waals surface area contributed by atoms with E-state index in [2.05, 4.69) is 10.3 Å². The molecule has 0 rings (SSSR count). The zero-order chi connectivity index (χ0) is 10.8. The van der Waals surface area contributed by atoms with Gasteiger partial charge in [0, 0.05) is 7.11 Å². The highest BCUT2D eigenvalue weighted by atomic mass is 16.5. The van der Waals surface area contributed by atoms with Gasteiger partial charge in [0.05, 0.1) is 19.5 Å². The molecule has 3 N–H and O–H groups in total. The molecule has 0 saturated carbocycles. The average Bonchev–Trinajstić information content (AvgIpc) is 2.22. The van der Waals surface area contributed by atoms with E-state index in [0.29, 0.717) is 13.2 Å². The first kappa shape index (κ1) is 11.9. The summed E-state index contributed by atoms with van der Waals surface area (Å²) in [7, 11) is 1.57. The minimum Gasteiger partial charge on any atom is -0.388 e. The maximum atomic E-state index is 8.54. The highest BCUT2D eigenvalue weighted by molar-refractivity contribution is 5.60. The van der Waals surface area contributed by atoms with E-state index in [0.717, 1.165) is 0 Å². The van der Waals surface area contributed by atoms with Crippen LogP contribution in [0.2, 0.25) is 0 Å². The summed E-state index contributed by atoms with van der Waals surface area (Å²) in [6.07, 6.45) is 1.31. The summed E-state index contributed by atoms with van der Waals surface area (Å²) in [6.45, 7) is 0.978. The molecule has 74 valence electrons. The Bertz CT molecular complexity index is 307. The van der Waals surface area contributed by atoms with Gasteiger partial charge in [-0.05, 0) is 0 Å². The molecule has 0 amide bonds. The molecule has 0 heterocycles. The van der Waals surface area contributed by atoms with Crippen LogP contribution in [0.15, 0.2) is 16.4 Å². The first-order valence-corrected chi connectivity index (χ1v) is 3.80. The number of rotatable bonds is 5. The Balaban J connectivity index is 4.07. The molecular weight excluding hydrogens is 182 g/mol. The van der Waals surface area contributed by atoms with Crippen LogP contribution in [0.5, 0.6) is 0 Å². The summed E-state index contributed by atoms with van der Waals surface area (Å²) in [5, 5.41) is 19.4. The molecule has 0 fully saturated rings. The Labute approximate surface area is 82.3 Å². The molecular formula is C8H11N5O. The van der Waals surface area contributed by atoms with Gasteiger partial charge in [-0.15, -0.1) is 0 Å². The van der Waals surface area contributed by atoms with Crippen molar-refractivity contribution in [3.05, 3.63) is 11.4 Å². The zero-order valence-corrected chi connectivity index (χ0v) is 7.82. The Kier molecular flexibility index (Phi) is 6.48. The molecule has 0 aromatic rings. The van der Waals surface area contributed by atoms with Gasteiger partial charge in [-0.25, -0.2) is 0 Å². The van der Waals surface area contributed by atoms with Crippen LogP contribution in [0.3, 0.4) is 0 Å². The fraction of sp³-hybridized carbons (Fsp3) is 0.375. The number of methoxy groups -OCH3 is 1. The second kappa shape index (κ2) is 7.59. The smallest absolute Gasteiger partial charge is 0.152 e. The number of hydrogen-bond acceptors (Lipinski definition) is 5. The Morgan fingerprint density at radius 1 is 1.57 bits per heavy atom. The SMILES string of the molecule is COCCN=CN/C(C#N)=C(\N)C#N. The molecule has 0 aliphatic carbocycles. The van der Waals surface area contributed by atoms with Crippen molar-refractivity contribution in [3.63, 3.8) is 0 Å². The van der Waals surface area contributed by atoms with Crippen LogP contribution >= 0.6 is 0 Å². The van der Waals surface area contributed by atoms with Gasteiger partial charge in [0.1, 0.15) is 17.8 Å². The standard InChI is InChI=1S/C8H11N5O/c1-14-3-2-12-6-13-8(5-10)7(11)4-9/h6H,2-3,11H2,1H3,(H,12,13)/b8-7-. The second-order valence-electron chi connectivity index (χ2n) is 2.18. The van der Waals surface area contributed by atoms with Gasteiger partial charge in [-0.2, -0.15) is 10.5 Å². The fourth-order valence-electron chi connectivity index (χ4n) is 0.545. The van der Waals surface area contributed by atoms with E-state index in [4.69, 9.17) is 21.0 Å². The predicted octanol–water partition coefficient (Wildman–Crippen LogP) is -0.532. The number of nitrogens with one attached hydrogen (secondary N) is 1. The molecule has 0 aliphatic heterocycles. The summed E-state index contributed by atoms with van der Waals surface area (Å²) in [6, 6.07) is 3.40. The number of allylic oxidation sites excluding steroid dienone is 2. The number of nitrogens with zero attached hydrogens (tertiary/aromatic N) is 3. The van der Waals surface area contributed by atoms with Crippen LogP contribution < -0.4 is 11.1 Å². The van der Waals surface area contributed by atoms with Crippen LogP contribution in [0.25, 0.3) is 0 Å². The number of hydrogen-bond donors (Lipinski definition) is 2. The molecule has 14 heavy (non-hydrogen) atoms. The molecule has 0 aromatic heterocycles. The molecule has 0 atom stereocenters. The molecule has 0 aliphatic rings. The van der Waals surface area contributed by atoms with Crippen LogP contribution in [-0.4, -0.2) is 26.6 Å². The molecule has 0 aromatic carbocycles. The Morgan fingerprint density at radius 2 is 2.29 bits per heavy atom. The summed E-state index contributed by atoms with van der Waals surface area (Å²) < 4.78 is 4.75. The molecule has 0 bridgehead atoms. The molecule has 6 heteroatoms. The lowest BCUT2D eigenvalue weighted by Gasteiger charge is -1.97. The van der Waals surface area contributed by atoms with Crippen molar-refractivity contribution in [1.29, 1.82) is 10.5 Å². The van der Waals surface area contributed by atoms with Crippen LogP contribution in [0, 0.1) is 22.7 Å². The quantitative estimate of drug-likeness (QED) is 0.264. The van der Waals surface area contributed by atoms with Gasteiger partial charge in [0.25, 0.3) is 0 Å². The summed E-state index contributed by atoms with van der Waals surface area (Å²) in [5.41, 5.74) is 5.05.